The number of halogens is 1. The molecule has 102 valence electrons. The Kier molecular flexibility index (Phi) is 3.28. The summed E-state index contributed by atoms with van der Waals surface area (Å²) in [6.07, 6.45) is 0. The van der Waals surface area contributed by atoms with Gasteiger partial charge in [0.15, 0.2) is 5.82 Å². The van der Waals surface area contributed by atoms with E-state index in [1.165, 1.54) is 0 Å². The van der Waals surface area contributed by atoms with Crippen molar-refractivity contribution in [3.63, 3.8) is 0 Å². The molecular formula is C14H13ClN4O. The largest absolute Gasteiger partial charge is 0.444 e. The number of benzene rings is 1. The van der Waals surface area contributed by atoms with Gasteiger partial charge in [-0.25, -0.2) is 4.98 Å². The molecule has 3 rings (SSSR count). The fourth-order valence-electron chi connectivity index (χ4n) is 1.97. The Bertz CT molecular complexity index is 713. The van der Waals surface area contributed by atoms with Crippen molar-refractivity contribution in [2.75, 3.05) is 0 Å². The molecule has 0 bridgehead atoms. The molecule has 3 aromatic rings. The van der Waals surface area contributed by atoms with Gasteiger partial charge in [-0.15, -0.1) is 10.2 Å². The van der Waals surface area contributed by atoms with Gasteiger partial charge >= 0.3 is 0 Å². The van der Waals surface area contributed by atoms with Crippen LogP contribution >= 0.6 is 11.6 Å². The zero-order valence-electron chi connectivity index (χ0n) is 11.2. The number of aryl methyl sites for hydroxylation is 2. The Hall–Kier alpha value is -2.14. The van der Waals surface area contributed by atoms with E-state index in [2.05, 4.69) is 15.2 Å². The predicted molar refractivity (Wildman–Crippen MR) is 75.5 cm³/mol. The summed E-state index contributed by atoms with van der Waals surface area (Å²) in [5.74, 6) is 2.11. The van der Waals surface area contributed by atoms with Gasteiger partial charge < -0.3 is 4.42 Å². The van der Waals surface area contributed by atoms with Crippen LogP contribution in [0.4, 0.5) is 0 Å². The van der Waals surface area contributed by atoms with Gasteiger partial charge in [0.25, 0.3) is 0 Å². The summed E-state index contributed by atoms with van der Waals surface area (Å²) in [5, 5.41) is 8.37. The maximum atomic E-state index is 6.11. The minimum Gasteiger partial charge on any atom is -0.444 e. The number of aromatic nitrogens is 4. The molecule has 6 heteroatoms. The van der Waals surface area contributed by atoms with Crippen LogP contribution in [-0.4, -0.2) is 19.7 Å². The van der Waals surface area contributed by atoms with E-state index in [0.29, 0.717) is 23.5 Å². The lowest BCUT2D eigenvalue weighted by atomic mass is 10.2. The van der Waals surface area contributed by atoms with Gasteiger partial charge in [0, 0.05) is 5.56 Å². The molecule has 0 radical (unpaired) electrons. The quantitative estimate of drug-likeness (QED) is 0.742. The summed E-state index contributed by atoms with van der Waals surface area (Å²) >= 11 is 6.11. The van der Waals surface area contributed by atoms with Crippen molar-refractivity contribution in [3.05, 3.63) is 53.0 Å². The van der Waals surface area contributed by atoms with Gasteiger partial charge in [-0.2, -0.15) is 0 Å². The summed E-state index contributed by atoms with van der Waals surface area (Å²) in [5.41, 5.74) is 1.83. The van der Waals surface area contributed by atoms with Crippen LogP contribution in [0.2, 0.25) is 5.28 Å². The summed E-state index contributed by atoms with van der Waals surface area (Å²) in [7, 11) is 0. The SMILES string of the molecule is Cc1nc(Cn2c(Cl)nnc2-c2ccccc2)oc1C. The highest BCUT2D eigenvalue weighted by molar-refractivity contribution is 6.28. The van der Waals surface area contributed by atoms with Crippen LogP contribution in [0, 0.1) is 13.8 Å². The smallest absolute Gasteiger partial charge is 0.225 e. The molecule has 2 aromatic heterocycles. The Balaban J connectivity index is 1.99. The Labute approximate surface area is 121 Å². The maximum Gasteiger partial charge on any atom is 0.225 e. The molecule has 0 saturated heterocycles. The first kappa shape index (κ1) is 12.9. The fourth-order valence-corrected chi connectivity index (χ4v) is 2.14. The lowest BCUT2D eigenvalue weighted by Gasteiger charge is -2.05. The van der Waals surface area contributed by atoms with Crippen LogP contribution in [0.3, 0.4) is 0 Å². The minimum atomic E-state index is 0.317. The highest BCUT2D eigenvalue weighted by atomic mass is 35.5. The lowest BCUT2D eigenvalue weighted by molar-refractivity contribution is 0.457. The van der Waals surface area contributed by atoms with Gasteiger partial charge in [-0.05, 0) is 25.4 Å². The van der Waals surface area contributed by atoms with E-state index in [4.69, 9.17) is 16.0 Å². The van der Waals surface area contributed by atoms with E-state index in [1.807, 2.05) is 44.2 Å². The molecule has 0 atom stereocenters. The number of nitrogens with zero attached hydrogens (tertiary/aromatic N) is 4. The van der Waals surface area contributed by atoms with Crippen molar-refractivity contribution in [1.29, 1.82) is 0 Å². The van der Waals surface area contributed by atoms with Crippen molar-refractivity contribution in [2.24, 2.45) is 0 Å². The summed E-state index contributed by atoms with van der Waals surface area (Å²) in [6.45, 7) is 4.21. The highest BCUT2D eigenvalue weighted by Gasteiger charge is 2.15. The molecule has 0 saturated carbocycles. The average Bonchev–Trinajstić information content (AvgIpc) is 2.96. The third kappa shape index (κ3) is 2.32. The zero-order chi connectivity index (χ0) is 14.1. The third-order valence-corrected chi connectivity index (χ3v) is 3.38. The fraction of sp³-hybridized carbons (Fsp3) is 0.214. The second-order valence-corrected chi connectivity index (χ2v) is 4.83. The van der Waals surface area contributed by atoms with E-state index in [1.54, 1.807) is 4.57 Å². The Morgan fingerprint density at radius 1 is 1.15 bits per heavy atom. The van der Waals surface area contributed by atoms with Crippen molar-refractivity contribution in [1.82, 2.24) is 19.7 Å². The van der Waals surface area contributed by atoms with Crippen LogP contribution in [0.15, 0.2) is 34.7 Å². The molecular weight excluding hydrogens is 276 g/mol. The van der Waals surface area contributed by atoms with E-state index < -0.39 is 0 Å². The second kappa shape index (κ2) is 5.09. The molecule has 5 nitrogen and oxygen atoms in total. The first-order valence-corrected chi connectivity index (χ1v) is 6.60. The first-order chi connectivity index (χ1) is 9.65. The molecule has 0 unspecified atom stereocenters. The van der Waals surface area contributed by atoms with Crippen LogP contribution in [0.5, 0.6) is 0 Å². The van der Waals surface area contributed by atoms with Crippen molar-refractivity contribution >= 4 is 11.6 Å². The molecule has 0 aliphatic heterocycles. The van der Waals surface area contributed by atoms with Crippen molar-refractivity contribution in [3.8, 4) is 11.4 Å². The van der Waals surface area contributed by atoms with E-state index in [0.717, 1.165) is 17.0 Å². The van der Waals surface area contributed by atoms with Crippen LogP contribution in [-0.2, 0) is 6.54 Å². The lowest BCUT2D eigenvalue weighted by Crippen LogP contribution is -2.03. The number of rotatable bonds is 3. The Morgan fingerprint density at radius 3 is 2.55 bits per heavy atom. The molecule has 20 heavy (non-hydrogen) atoms. The number of hydrogen-bond acceptors (Lipinski definition) is 4. The van der Waals surface area contributed by atoms with Gasteiger partial charge in [-0.1, -0.05) is 30.3 Å². The van der Waals surface area contributed by atoms with Crippen LogP contribution in [0.1, 0.15) is 17.3 Å². The molecule has 1 aromatic carbocycles. The van der Waals surface area contributed by atoms with E-state index in [9.17, 15) is 0 Å². The second-order valence-electron chi connectivity index (χ2n) is 4.49. The average molecular weight is 289 g/mol. The normalized spacial score (nSPS) is 10.9. The number of hydrogen-bond donors (Lipinski definition) is 0. The standard InChI is InChI=1S/C14H13ClN4O/c1-9-10(2)20-12(16-9)8-19-13(17-18-14(19)15)11-6-4-3-5-7-11/h3-7H,8H2,1-2H3. The zero-order valence-corrected chi connectivity index (χ0v) is 11.9. The van der Waals surface area contributed by atoms with Gasteiger partial charge in [0.1, 0.15) is 12.3 Å². The third-order valence-electron chi connectivity index (χ3n) is 3.10. The van der Waals surface area contributed by atoms with Crippen molar-refractivity contribution in [2.45, 2.75) is 20.4 Å². The molecule has 0 amide bonds. The molecule has 0 aliphatic carbocycles. The summed E-state index contributed by atoms with van der Waals surface area (Å²) < 4.78 is 7.37. The van der Waals surface area contributed by atoms with Crippen molar-refractivity contribution < 1.29 is 4.42 Å². The topological polar surface area (TPSA) is 56.7 Å². The maximum absolute atomic E-state index is 6.11. The molecule has 0 aliphatic rings. The van der Waals surface area contributed by atoms with Crippen LogP contribution < -0.4 is 0 Å². The molecule has 0 spiro atoms. The minimum absolute atomic E-state index is 0.317. The molecule has 2 heterocycles. The monoisotopic (exact) mass is 288 g/mol. The summed E-state index contributed by atoms with van der Waals surface area (Å²) in [6, 6.07) is 9.77. The van der Waals surface area contributed by atoms with E-state index >= 15 is 0 Å². The summed E-state index contributed by atoms with van der Waals surface area (Å²) in [4.78, 5) is 4.36. The first-order valence-electron chi connectivity index (χ1n) is 6.22. The van der Waals surface area contributed by atoms with Crippen LogP contribution in [0.25, 0.3) is 11.4 Å². The van der Waals surface area contributed by atoms with E-state index in [-0.39, 0.29) is 0 Å². The number of oxazole rings is 1. The highest BCUT2D eigenvalue weighted by Crippen LogP contribution is 2.22. The molecule has 0 fully saturated rings. The van der Waals surface area contributed by atoms with Gasteiger partial charge in [0.2, 0.25) is 11.2 Å². The Morgan fingerprint density at radius 2 is 1.90 bits per heavy atom. The van der Waals surface area contributed by atoms with Gasteiger partial charge in [0.05, 0.1) is 5.69 Å². The molecule has 0 N–H and O–H groups in total. The van der Waals surface area contributed by atoms with Gasteiger partial charge in [-0.3, -0.25) is 4.57 Å². The predicted octanol–water partition coefficient (Wildman–Crippen LogP) is 3.25.